The van der Waals surface area contributed by atoms with E-state index >= 15 is 0 Å². The molecule has 6 heteroatoms. The first-order valence-corrected chi connectivity index (χ1v) is 6.49. The number of hydrogen-bond donors (Lipinski definition) is 2. The van der Waals surface area contributed by atoms with Crippen LogP contribution in [0.5, 0.6) is 5.75 Å². The van der Waals surface area contributed by atoms with Crippen molar-refractivity contribution in [3.05, 3.63) is 57.6 Å². The summed E-state index contributed by atoms with van der Waals surface area (Å²) in [6, 6.07) is 9.74. The monoisotopic (exact) mass is 310 g/mol. The van der Waals surface area contributed by atoms with Crippen LogP contribution >= 0.6 is 23.2 Å². The van der Waals surface area contributed by atoms with Gasteiger partial charge in [0.1, 0.15) is 12.4 Å². The highest BCUT2D eigenvalue weighted by Gasteiger charge is 2.11. The van der Waals surface area contributed by atoms with Crippen molar-refractivity contribution in [3.8, 4) is 5.75 Å². The summed E-state index contributed by atoms with van der Waals surface area (Å²) in [5, 5.41) is 1.03. The number of nitrogen functional groups attached to an aromatic ring is 1. The van der Waals surface area contributed by atoms with Crippen molar-refractivity contribution in [3.63, 3.8) is 0 Å². The Kier molecular flexibility index (Phi) is 4.37. The van der Waals surface area contributed by atoms with Crippen LogP contribution in [0.1, 0.15) is 15.9 Å². The summed E-state index contributed by atoms with van der Waals surface area (Å²) < 4.78 is 5.58. The molecule has 0 heterocycles. The summed E-state index contributed by atoms with van der Waals surface area (Å²) in [6.45, 7) is 0.180. The number of hydrogen-bond acceptors (Lipinski definition) is 3. The minimum Gasteiger partial charge on any atom is -0.488 e. The minimum absolute atomic E-state index is 0.180. The number of ether oxygens (including phenoxy) is 1. The molecule has 0 aromatic heterocycles. The lowest BCUT2D eigenvalue weighted by Gasteiger charge is -2.11. The molecule has 0 saturated heterocycles. The zero-order valence-electron chi connectivity index (χ0n) is 10.4. The Labute approximate surface area is 126 Å². The number of primary amides is 1. The summed E-state index contributed by atoms with van der Waals surface area (Å²) in [7, 11) is 0. The molecule has 2 aromatic rings. The van der Waals surface area contributed by atoms with E-state index in [1.54, 1.807) is 30.3 Å². The number of anilines is 1. The van der Waals surface area contributed by atoms with Gasteiger partial charge in [0, 0.05) is 27.4 Å². The van der Waals surface area contributed by atoms with Gasteiger partial charge in [0.05, 0.1) is 5.56 Å². The van der Waals surface area contributed by atoms with E-state index < -0.39 is 5.91 Å². The highest BCUT2D eigenvalue weighted by molar-refractivity contribution is 6.35. The molecule has 0 spiro atoms. The van der Waals surface area contributed by atoms with Gasteiger partial charge < -0.3 is 16.2 Å². The van der Waals surface area contributed by atoms with Crippen LogP contribution in [0.3, 0.4) is 0 Å². The maximum absolute atomic E-state index is 11.3. The molecule has 0 aliphatic rings. The Morgan fingerprint density at radius 2 is 1.90 bits per heavy atom. The van der Waals surface area contributed by atoms with E-state index in [1.807, 2.05) is 0 Å². The van der Waals surface area contributed by atoms with Gasteiger partial charge in [0.15, 0.2) is 0 Å². The van der Waals surface area contributed by atoms with E-state index in [9.17, 15) is 4.79 Å². The van der Waals surface area contributed by atoms with Crippen LogP contribution in [-0.4, -0.2) is 5.91 Å². The molecule has 0 saturated carbocycles. The Morgan fingerprint density at radius 1 is 1.15 bits per heavy atom. The third-order valence-electron chi connectivity index (χ3n) is 2.67. The van der Waals surface area contributed by atoms with E-state index in [0.717, 1.165) is 5.56 Å². The van der Waals surface area contributed by atoms with Crippen LogP contribution in [0.25, 0.3) is 0 Å². The number of carbonyl (C=O) groups is 1. The van der Waals surface area contributed by atoms with Gasteiger partial charge >= 0.3 is 0 Å². The van der Waals surface area contributed by atoms with Crippen LogP contribution in [0.2, 0.25) is 10.0 Å². The molecule has 4 N–H and O–H groups in total. The maximum atomic E-state index is 11.3. The largest absolute Gasteiger partial charge is 0.488 e. The molecular formula is C14H12Cl2N2O2. The van der Waals surface area contributed by atoms with E-state index in [4.69, 9.17) is 39.4 Å². The molecule has 2 rings (SSSR count). The first-order chi connectivity index (χ1) is 9.47. The Hall–Kier alpha value is -1.91. The van der Waals surface area contributed by atoms with Gasteiger partial charge in [-0.2, -0.15) is 0 Å². The van der Waals surface area contributed by atoms with Gasteiger partial charge in [0.2, 0.25) is 0 Å². The fourth-order valence-corrected chi connectivity index (χ4v) is 2.12. The average molecular weight is 311 g/mol. The molecule has 0 radical (unpaired) electrons. The summed E-state index contributed by atoms with van der Waals surface area (Å²) >= 11 is 11.9. The highest BCUT2D eigenvalue weighted by Crippen LogP contribution is 2.25. The Bertz CT molecular complexity index is 660. The van der Waals surface area contributed by atoms with Crippen LogP contribution in [0, 0.1) is 0 Å². The molecule has 104 valence electrons. The lowest BCUT2D eigenvalue weighted by Crippen LogP contribution is -2.13. The predicted molar refractivity (Wildman–Crippen MR) is 80.2 cm³/mol. The highest BCUT2D eigenvalue weighted by atomic mass is 35.5. The average Bonchev–Trinajstić information content (AvgIpc) is 2.37. The fourth-order valence-electron chi connectivity index (χ4n) is 1.66. The van der Waals surface area contributed by atoms with Crippen LogP contribution in [-0.2, 0) is 6.61 Å². The first-order valence-electron chi connectivity index (χ1n) is 5.73. The molecule has 0 unspecified atom stereocenters. The number of amides is 1. The number of halogens is 2. The third kappa shape index (κ3) is 3.35. The van der Waals surface area contributed by atoms with Crippen molar-refractivity contribution in [2.75, 3.05) is 5.73 Å². The van der Waals surface area contributed by atoms with E-state index in [2.05, 4.69) is 0 Å². The predicted octanol–water partition coefficient (Wildman–Crippen LogP) is 3.25. The second-order valence-electron chi connectivity index (χ2n) is 4.14. The molecule has 4 nitrogen and oxygen atoms in total. The summed E-state index contributed by atoms with van der Waals surface area (Å²) in [6.07, 6.45) is 0. The van der Waals surface area contributed by atoms with Crippen molar-refractivity contribution in [1.29, 1.82) is 0 Å². The van der Waals surface area contributed by atoms with Gasteiger partial charge in [-0.05, 0) is 24.3 Å². The molecule has 0 bridgehead atoms. The molecule has 0 aliphatic carbocycles. The van der Waals surface area contributed by atoms with E-state index in [0.29, 0.717) is 21.5 Å². The molecule has 1 amide bonds. The van der Waals surface area contributed by atoms with Crippen molar-refractivity contribution in [1.82, 2.24) is 0 Å². The van der Waals surface area contributed by atoms with Crippen molar-refractivity contribution in [2.45, 2.75) is 6.61 Å². The number of nitrogens with two attached hydrogens (primary N) is 2. The molecule has 0 atom stereocenters. The van der Waals surface area contributed by atoms with Crippen LogP contribution < -0.4 is 16.2 Å². The van der Waals surface area contributed by atoms with E-state index in [1.165, 1.54) is 6.07 Å². The standard InChI is InChI=1S/C14H12Cl2N2O2/c15-9-2-1-8(12(16)5-9)7-20-13-6-10(17)3-4-11(13)14(18)19/h1-6H,7,17H2,(H2,18,19). The topological polar surface area (TPSA) is 78.3 Å². The number of rotatable bonds is 4. The minimum atomic E-state index is -0.581. The number of benzene rings is 2. The van der Waals surface area contributed by atoms with Gasteiger partial charge in [0.25, 0.3) is 5.91 Å². The van der Waals surface area contributed by atoms with Gasteiger partial charge in [-0.25, -0.2) is 0 Å². The van der Waals surface area contributed by atoms with Gasteiger partial charge in [-0.3, -0.25) is 4.79 Å². The molecule has 20 heavy (non-hydrogen) atoms. The van der Waals surface area contributed by atoms with Gasteiger partial charge in [-0.1, -0.05) is 29.3 Å². The molecule has 2 aromatic carbocycles. The molecule has 0 aliphatic heterocycles. The zero-order chi connectivity index (χ0) is 14.7. The first kappa shape index (κ1) is 14.5. The quantitative estimate of drug-likeness (QED) is 0.851. The molecular weight excluding hydrogens is 299 g/mol. The van der Waals surface area contributed by atoms with Gasteiger partial charge in [-0.15, -0.1) is 0 Å². The van der Waals surface area contributed by atoms with Crippen molar-refractivity contribution < 1.29 is 9.53 Å². The smallest absolute Gasteiger partial charge is 0.252 e. The Morgan fingerprint density at radius 3 is 2.55 bits per heavy atom. The lowest BCUT2D eigenvalue weighted by atomic mass is 10.1. The second kappa shape index (κ2) is 6.03. The maximum Gasteiger partial charge on any atom is 0.252 e. The second-order valence-corrected chi connectivity index (χ2v) is 4.99. The van der Waals surface area contributed by atoms with Crippen molar-refractivity contribution in [2.24, 2.45) is 5.73 Å². The normalized spacial score (nSPS) is 10.3. The lowest BCUT2D eigenvalue weighted by molar-refractivity contribution is 0.0996. The summed E-state index contributed by atoms with van der Waals surface area (Å²) in [4.78, 5) is 11.3. The van der Waals surface area contributed by atoms with Crippen molar-refractivity contribution >= 4 is 34.8 Å². The zero-order valence-corrected chi connectivity index (χ0v) is 11.9. The summed E-state index contributed by atoms with van der Waals surface area (Å²) in [5.41, 5.74) is 12.4. The van der Waals surface area contributed by atoms with Crippen LogP contribution in [0.15, 0.2) is 36.4 Å². The number of carbonyl (C=O) groups excluding carboxylic acids is 1. The third-order valence-corrected chi connectivity index (χ3v) is 3.26. The fraction of sp³-hybridized carbons (Fsp3) is 0.0714. The van der Waals surface area contributed by atoms with E-state index in [-0.39, 0.29) is 12.2 Å². The Balaban J connectivity index is 2.22. The summed E-state index contributed by atoms with van der Waals surface area (Å²) in [5.74, 6) is -0.259. The SMILES string of the molecule is NC(=O)c1ccc(N)cc1OCc1ccc(Cl)cc1Cl. The molecule has 0 fully saturated rings. The van der Waals surface area contributed by atoms with Crippen LogP contribution in [0.4, 0.5) is 5.69 Å².